The first-order chi connectivity index (χ1) is 13.8. The van der Waals surface area contributed by atoms with E-state index in [1.54, 1.807) is 0 Å². The Morgan fingerprint density at radius 3 is 2.66 bits per heavy atom. The van der Waals surface area contributed by atoms with E-state index >= 15 is 0 Å². The van der Waals surface area contributed by atoms with Gasteiger partial charge < -0.3 is 15.5 Å². The summed E-state index contributed by atoms with van der Waals surface area (Å²) in [6.07, 6.45) is 16.5. The Kier molecular flexibility index (Phi) is 4.97. The first kappa shape index (κ1) is 20.8. The van der Waals surface area contributed by atoms with Crippen LogP contribution < -0.4 is 5.32 Å². The smallest absolute Gasteiger partial charge is 0.0713 e. The molecule has 9 atom stereocenters. The molecule has 2 spiro atoms. The number of rotatable bonds is 5. The van der Waals surface area contributed by atoms with Crippen LogP contribution in [-0.4, -0.2) is 35.0 Å². The second kappa shape index (κ2) is 6.94. The van der Waals surface area contributed by atoms with Gasteiger partial charge in [0, 0.05) is 11.5 Å². The van der Waals surface area contributed by atoms with Gasteiger partial charge in [0.05, 0.1) is 11.7 Å². The topological polar surface area (TPSA) is 52.5 Å². The fourth-order valence-corrected chi connectivity index (χ4v) is 10.2. The van der Waals surface area contributed by atoms with Crippen molar-refractivity contribution in [1.29, 1.82) is 0 Å². The van der Waals surface area contributed by atoms with Crippen molar-refractivity contribution >= 4 is 0 Å². The van der Waals surface area contributed by atoms with E-state index in [-0.39, 0.29) is 22.3 Å². The van der Waals surface area contributed by atoms with Crippen molar-refractivity contribution in [3.63, 3.8) is 0 Å². The summed E-state index contributed by atoms with van der Waals surface area (Å²) in [5.41, 5.74) is -0.147. The second-order valence-corrected chi connectivity index (χ2v) is 12.5. The molecule has 0 unspecified atom stereocenters. The van der Waals surface area contributed by atoms with Crippen molar-refractivity contribution in [2.45, 2.75) is 121 Å². The molecule has 0 aromatic heterocycles. The van der Waals surface area contributed by atoms with Crippen molar-refractivity contribution in [3.05, 3.63) is 0 Å². The number of nitrogens with one attached hydrogen (secondary N) is 1. The lowest BCUT2D eigenvalue weighted by molar-refractivity contribution is -0.270. The molecule has 6 aliphatic rings. The summed E-state index contributed by atoms with van der Waals surface area (Å²) in [5, 5.41) is 27.6. The van der Waals surface area contributed by atoms with Gasteiger partial charge in [-0.15, -0.1) is 0 Å². The van der Waals surface area contributed by atoms with Crippen LogP contribution in [0.15, 0.2) is 0 Å². The summed E-state index contributed by atoms with van der Waals surface area (Å²) in [6.45, 7) is 4.66. The molecular weight excluding hydrogens is 358 g/mol. The van der Waals surface area contributed by atoms with Gasteiger partial charge in [0.15, 0.2) is 0 Å². The van der Waals surface area contributed by atoms with E-state index in [0.717, 1.165) is 38.0 Å². The Morgan fingerprint density at radius 1 is 1.07 bits per heavy atom. The summed E-state index contributed by atoms with van der Waals surface area (Å²) < 4.78 is 0. The molecule has 0 radical (unpaired) electrons. The van der Waals surface area contributed by atoms with Crippen molar-refractivity contribution in [2.75, 3.05) is 7.05 Å². The highest BCUT2D eigenvalue weighted by atomic mass is 16.3. The summed E-state index contributed by atoms with van der Waals surface area (Å²) in [4.78, 5) is 0. The Balaban J connectivity index is 1.52. The Morgan fingerprint density at radius 2 is 1.90 bits per heavy atom. The minimum atomic E-state index is -0.541. The number of hydrogen-bond donors (Lipinski definition) is 3. The lowest BCUT2D eigenvalue weighted by Crippen LogP contribution is -2.69. The van der Waals surface area contributed by atoms with Crippen LogP contribution in [0.3, 0.4) is 0 Å². The molecule has 0 aromatic carbocycles. The van der Waals surface area contributed by atoms with Crippen molar-refractivity contribution in [2.24, 2.45) is 34.0 Å². The molecule has 6 saturated carbocycles. The van der Waals surface area contributed by atoms with E-state index in [1.807, 2.05) is 0 Å². The molecular formula is C26H45NO2. The summed E-state index contributed by atoms with van der Waals surface area (Å²) in [6, 6.07) is 0.572. The maximum absolute atomic E-state index is 12.2. The molecule has 3 N–H and O–H groups in total. The third-order valence-corrected chi connectivity index (χ3v) is 10.9. The molecule has 0 heterocycles. The Labute approximate surface area is 178 Å². The number of fused-ring (bicyclic) bond motifs is 4. The van der Waals surface area contributed by atoms with Gasteiger partial charge in [-0.3, -0.25) is 0 Å². The van der Waals surface area contributed by atoms with Crippen LogP contribution in [0.1, 0.15) is 104 Å². The predicted molar refractivity (Wildman–Crippen MR) is 118 cm³/mol. The maximum atomic E-state index is 12.2. The minimum absolute atomic E-state index is 0.0211. The monoisotopic (exact) mass is 403 g/mol. The zero-order valence-corrected chi connectivity index (χ0v) is 19.2. The van der Waals surface area contributed by atoms with E-state index in [9.17, 15) is 10.2 Å². The molecule has 6 fully saturated rings. The number of unbranched alkanes of at least 4 members (excludes halogenated alkanes) is 2. The fraction of sp³-hybridized carbons (Fsp3) is 1.00. The molecule has 3 heteroatoms. The summed E-state index contributed by atoms with van der Waals surface area (Å²) in [5.74, 6) is 1.86. The quantitative estimate of drug-likeness (QED) is 0.564. The lowest BCUT2D eigenvalue weighted by Gasteiger charge is -2.69. The first-order valence-electron chi connectivity index (χ1n) is 12.9. The normalized spacial score (nSPS) is 56.0. The molecule has 0 aliphatic heterocycles. The van der Waals surface area contributed by atoms with Gasteiger partial charge in [-0.2, -0.15) is 0 Å². The van der Waals surface area contributed by atoms with Crippen LogP contribution in [0.2, 0.25) is 0 Å². The van der Waals surface area contributed by atoms with Crippen molar-refractivity contribution in [1.82, 2.24) is 5.32 Å². The van der Waals surface area contributed by atoms with Gasteiger partial charge >= 0.3 is 0 Å². The highest BCUT2D eigenvalue weighted by Gasteiger charge is 2.78. The summed E-state index contributed by atoms with van der Waals surface area (Å²) in [7, 11) is 2.15. The third-order valence-electron chi connectivity index (χ3n) is 10.9. The molecule has 0 saturated heterocycles. The number of aliphatic hydroxyl groups is 2. The Bertz CT molecular complexity index is 638. The highest BCUT2D eigenvalue weighted by molar-refractivity contribution is 5.27. The largest absolute Gasteiger partial charge is 0.393 e. The molecule has 0 aromatic rings. The lowest BCUT2D eigenvalue weighted by atomic mass is 9.36. The van der Waals surface area contributed by atoms with Gasteiger partial charge in [-0.1, -0.05) is 46.0 Å². The van der Waals surface area contributed by atoms with E-state index in [0.29, 0.717) is 17.9 Å². The maximum Gasteiger partial charge on any atom is 0.0713 e. The van der Waals surface area contributed by atoms with Gasteiger partial charge in [-0.25, -0.2) is 0 Å². The van der Waals surface area contributed by atoms with Crippen molar-refractivity contribution < 1.29 is 10.2 Å². The van der Waals surface area contributed by atoms with Crippen LogP contribution in [0.4, 0.5) is 0 Å². The summed E-state index contributed by atoms with van der Waals surface area (Å²) >= 11 is 0. The van der Waals surface area contributed by atoms with Crippen LogP contribution in [0.25, 0.3) is 0 Å². The molecule has 6 rings (SSSR count). The zero-order chi connectivity index (χ0) is 20.5. The standard InChI is InChI=1S/C26H45NO2/c1-4-5-6-8-18-13-19-20(27-3)9-12-25-17-24(19,14-18)22(25)21(28)15-23(2)10-7-11-26(25,29)16-23/h18-22,27-29H,4-17H2,1-3H3/t18-,19+,20+,21+,22+,23+,24+,25-,26-/m1/s1. The van der Waals surface area contributed by atoms with E-state index in [2.05, 4.69) is 26.2 Å². The molecule has 4 bridgehead atoms. The molecule has 6 aliphatic carbocycles. The van der Waals surface area contributed by atoms with Gasteiger partial charge in [0.1, 0.15) is 0 Å². The predicted octanol–water partition coefficient (Wildman–Crippen LogP) is 5.04. The molecule has 166 valence electrons. The molecule has 29 heavy (non-hydrogen) atoms. The second-order valence-electron chi connectivity index (χ2n) is 12.5. The van der Waals surface area contributed by atoms with E-state index in [1.165, 1.54) is 57.8 Å². The number of aliphatic hydroxyl groups excluding tert-OH is 1. The van der Waals surface area contributed by atoms with Crippen LogP contribution in [0.5, 0.6) is 0 Å². The third kappa shape index (κ3) is 2.79. The zero-order valence-electron chi connectivity index (χ0n) is 19.2. The van der Waals surface area contributed by atoms with Gasteiger partial charge in [-0.05, 0) is 93.4 Å². The molecule has 3 nitrogen and oxygen atoms in total. The van der Waals surface area contributed by atoms with E-state index in [4.69, 9.17) is 0 Å². The van der Waals surface area contributed by atoms with Crippen LogP contribution >= 0.6 is 0 Å². The van der Waals surface area contributed by atoms with Gasteiger partial charge in [0.2, 0.25) is 0 Å². The minimum Gasteiger partial charge on any atom is -0.393 e. The van der Waals surface area contributed by atoms with Crippen LogP contribution in [0, 0.1) is 34.0 Å². The van der Waals surface area contributed by atoms with Crippen LogP contribution in [-0.2, 0) is 0 Å². The first-order valence-corrected chi connectivity index (χ1v) is 12.9. The fourth-order valence-electron chi connectivity index (χ4n) is 10.2. The molecule has 0 amide bonds. The average Bonchev–Trinajstić information content (AvgIpc) is 2.86. The van der Waals surface area contributed by atoms with Gasteiger partial charge in [0.25, 0.3) is 0 Å². The Hall–Kier alpha value is -0.120. The number of hydrogen-bond acceptors (Lipinski definition) is 3. The SMILES string of the molecule is CCCCC[C@@H]1C[C@H]2[C@@H](NC)CC[C@@]34C[C@]2(C1)[C@@H]3[C@@H](O)C[C@]1(C)CCC[C@@]4(O)C1. The van der Waals surface area contributed by atoms with E-state index < -0.39 is 5.60 Å². The average molecular weight is 404 g/mol. The van der Waals surface area contributed by atoms with Crippen molar-refractivity contribution in [3.8, 4) is 0 Å². The highest BCUT2D eigenvalue weighted by Crippen LogP contribution is 2.80.